The van der Waals surface area contributed by atoms with Crippen LogP contribution in [0.1, 0.15) is 46.0 Å². The normalized spacial score (nSPS) is 20.8. The summed E-state index contributed by atoms with van der Waals surface area (Å²) in [6, 6.07) is 1.52. The number of hydrogen-bond donors (Lipinski definition) is 1. The van der Waals surface area contributed by atoms with Crippen LogP contribution in [0.15, 0.2) is 0 Å². The molecule has 0 aliphatic heterocycles. The van der Waals surface area contributed by atoms with E-state index in [2.05, 4.69) is 25.4 Å². The number of thioether (sulfide) groups is 1. The van der Waals surface area contributed by atoms with E-state index in [0.717, 1.165) is 12.0 Å². The van der Waals surface area contributed by atoms with E-state index >= 15 is 0 Å². The highest BCUT2D eigenvalue weighted by Crippen LogP contribution is 2.34. The van der Waals surface area contributed by atoms with Gasteiger partial charge in [-0.15, -0.1) is 0 Å². The predicted molar refractivity (Wildman–Crippen MR) is 67.0 cm³/mol. The second-order valence-corrected chi connectivity index (χ2v) is 5.57. The van der Waals surface area contributed by atoms with Gasteiger partial charge in [0.1, 0.15) is 0 Å². The largest absolute Gasteiger partial charge is 0.311 e. The molecule has 0 saturated heterocycles. The molecule has 0 aromatic heterocycles. The quantitative estimate of drug-likeness (QED) is 0.667. The third kappa shape index (κ3) is 4.70. The second kappa shape index (κ2) is 6.73. The van der Waals surface area contributed by atoms with Gasteiger partial charge in [0.05, 0.1) is 0 Å². The van der Waals surface area contributed by atoms with Crippen LogP contribution in [0, 0.1) is 5.92 Å². The van der Waals surface area contributed by atoms with Gasteiger partial charge in [-0.05, 0) is 50.5 Å². The summed E-state index contributed by atoms with van der Waals surface area (Å²) >= 11 is 1.95. The molecule has 1 rings (SSSR count). The monoisotopic (exact) mass is 215 g/mol. The van der Waals surface area contributed by atoms with Gasteiger partial charge in [0, 0.05) is 12.1 Å². The number of hydrogen-bond acceptors (Lipinski definition) is 2. The Kier molecular flexibility index (Phi) is 5.95. The van der Waals surface area contributed by atoms with Crippen molar-refractivity contribution in [2.24, 2.45) is 5.92 Å². The first-order chi connectivity index (χ1) is 6.77. The second-order valence-electron chi connectivity index (χ2n) is 4.58. The van der Waals surface area contributed by atoms with Crippen LogP contribution in [0.25, 0.3) is 0 Å². The molecule has 1 aliphatic rings. The van der Waals surface area contributed by atoms with Gasteiger partial charge in [0.15, 0.2) is 0 Å². The van der Waals surface area contributed by atoms with E-state index in [1.807, 2.05) is 11.8 Å². The molecule has 2 heteroatoms. The zero-order valence-electron chi connectivity index (χ0n) is 9.88. The summed E-state index contributed by atoms with van der Waals surface area (Å²) in [6.45, 7) is 4.63. The fraction of sp³-hybridized carbons (Fsp3) is 1.00. The minimum absolute atomic E-state index is 0.708. The summed E-state index contributed by atoms with van der Waals surface area (Å²) in [5, 5.41) is 3.80. The van der Waals surface area contributed by atoms with E-state index in [4.69, 9.17) is 0 Å². The van der Waals surface area contributed by atoms with Gasteiger partial charge in [-0.3, -0.25) is 0 Å². The van der Waals surface area contributed by atoms with Gasteiger partial charge in [-0.2, -0.15) is 11.8 Å². The Morgan fingerprint density at radius 2 is 2.07 bits per heavy atom. The van der Waals surface area contributed by atoms with Gasteiger partial charge in [-0.1, -0.05) is 13.3 Å². The third-order valence-electron chi connectivity index (χ3n) is 3.04. The van der Waals surface area contributed by atoms with Crippen LogP contribution in [-0.2, 0) is 0 Å². The molecular formula is C12H25NS. The first kappa shape index (κ1) is 12.4. The Balaban J connectivity index is 2.16. The maximum Gasteiger partial charge on any atom is 0.00977 e. The van der Waals surface area contributed by atoms with Gasteiger partial charge >= 0.3 is 0 Å². The summed E-state index contributed by atoms with van der Waals surface area (Å²) in [7, 11) is 0. The van der Waals surface area contributed by atoms with Crippen molar-refractivity contribution in [3.63, 3.8) is 0 Å². The lowest BCUT2D eigenvalue weighted by molar-refractivity contribution is 0.381. The molecule has 0 spiro atoms. The molecule has 1 fully saturated rings. The van der Waals surface area contributed by atoms with E-state index in [1.165, 1.54) is 37.9 Å². The SMILES string of the molecule is CCCC(NC(C)CCSC)C1CC1. The summed E-state index contributed by atoms with van der Waals surface area (Å²) in [5.74, 6) is 2.30. The van der Waals surface area contributed by atoms with Crippen molar-refractivity contribution in [1.29, 1.82) is 0 Å². The summed E-state index contributed by atoms with van der Waals surface area (Å²) in [6.07, 6.45) is 9.13. The maximum atomic E-state index is 3.80. The van der Waals surface area contributed by atoms with Gasteiger partial charge in [0.25, 0.3) is 0 Å². The number of nitrogens with one attached hydrogen (secondary N) is 1. The van der Waals surface area contributed by atoms with Crippen LogP contribution in [0.4, 0.5) is 0 Å². The highest BCUT2D eigenvalue weighted by molar-refractivity contribution is 7.98. The average molecular weight is 215 g/mol. The first-order valence-corrected chi connectivity index (χ1v) is 7.42. The molecule has 0 bridgehead atoms. The van der Waals surface area contributed by atoms with E-state index in [0.29, 0.717) is 6.04 Å². The molecule has 0 aromatic carbocycles. The van der Waals surface area contributed by atoms with Crippen molar-refractivity contribution >= 4 is 11.8 Å². The van der Waals surface area contributed by atoms with Crippen LogP contribution in [0.3, 0.4) is 0 Å². The van der Waals surface area contributed by atoms with Gasteiger partial charge in [0.2, 0.25) is 0 Å². The predicted octanol–water partition coefficient (Wildman–Crippen LogP) is 3.30. The molecule has 0 aromatic rings. The molecule has 1 N–H and O–H groups in total. The Labute approximate surface area is 93.4 Å². The summed E-state index contributed by atoms with van der Waals surface area (Å²) in [4.78, 5) is 0. The Morgan fingerprint density at radius 3 is 2.57 bits per heavy atom. The van der Waals surface area contributed by atoms with Crippen molar-refractivity contribution in [3.8, 4) is 0 Å². The van der Waals surface area contributed by atoms with Crippen molar-refractivity contribution < 1.29 is 0 Å². The fourth-order valence-electron chi connectivity index (χ4n) is 2.01. The molecule has 2 unspecified atom stereocenters. The maximum absolute atomic E-state index is 3.80. The topological polar surface area (TPSA) is 12.0 Å². The Hall–Kier alpha value is 0.310. The van der Waals surface area contributed by atoms with Crippen LogP contribution in [0.5, 0.6) is 0 Å². The van der Waals surface area contributed by atoms with E-state index in [9.17, 15) is 0 Å². The average Bonchev–Trinajstić information content (AvgIpc) is 2.97. The van der Waals surface area contributed by atoms with Crippen molar-refractivity contribution in [1.82, 2.24) is 5.32 Å². The van der Waals surface area contributed by atoms with Crippen LogP contribution in [-0.4, -0.2) is 24.1 Å². The van der Waals surface area contributed by atoms with Crippen LogP contribution >= 0.6 is 11.8 Å². The van der Waals surface area contributed by atoms with Crippen molar-refractivity contribution in [3.05, 3.63) is 0 Å². The molecule has 1 nitrogen and oxygen atoms in total. The van der Waals surface area contributed by atoms with Crippen LogP contribution in [0.2, 0.25) is 0 Å². The minimum atomic E-state index is 0.708. The molecule has 2 atom stereocenters. The Bertz CT molecular complexity index is 145. The first-order valence-electron chi connectivity index (χ1n) is 6.03. The smallest absolute Gasteiger partial charge is 0.00977 e. The van der Waals surface area contributed by atoms with E-state index < -0.39 is 0 Å². The van der Waals surface area contributed by atoms with Gasteiger partial charge in [-0.25, -0.2) is 0 Å². The zero-order chi connectivity index (χ0) is 10.4. The van der Waals surface area contributed by atoms with Crippen molar-refractivity contribution in [2.75, 3.05) is 12.0 Å². The lowest BCUT2D eigenvalue weighted by Gasteiger charge is -2.22. The lowest BCUT2D eigenvalue weighted by atomic mass is 10.1. The highest BCUT2D eigenvalue weighted by Gasteiger charge is 2.30. The molecule has 84 valence electrons. The standard InChI is InChI=1S/C12H25NS/c1-4-5-12(11-6-7-11)13-10(2)8-9-14-3/h10-13H,4-9H2,1-3H3. The lowest BCUT2D eigenvalue weighted by Crippen LogP contribution is -2.38. The van der Waals surface area contributed by atoms with E-state index in [-0.39, 0.29) is 0 Å². The molecule has 1 aliphatic carbocycles. The third-order valence-corrected chi connectivity index (χ3v) is 3.69. The molecule has 14 heavy (non-hydrogen) atoms. The van der Waals surface area contributed by atoms with Crippen molar-refractivity contribution in [2.45, 2.75) is 58.0 Å². The molecule has 0 radical (unpaired) electrons. The summed E-state index contributed by atoms with van der Waals surface area (Å²) in [5.41, 5.74) is 0. The number of rotatable bonds is 8. The van der Waals surface area contributed by atoms with Crippen LogP contribution < -0.4 is 5.32 Å². The minimum Gasteiger partial charge on any atom is -0.311 e. The fourth-order valence-corrected chi connectivity index (χ4v) is 2.60. The highest BCUT2D eigenvalue weighted by atomic mass is 32.2. The molecule has 0 heterocycles. The summed E-state index contributed by atoms with van der Waals surface area (Å²) < 4.78 is 0. The zero-order valence-corrected chi connectivity index (χ0v) is 10.7. The van der Waals surface area contributed by atoms with E-state index in [1.54, 1.807) is 0 Å². The molecular weight excluding hydrogens is 190 g/mol. The molecule has 1 saturated carbocycles. The Morgan fingerprint density at radius 1 is 1.36 bits per heavy atom. The molecule has 0 amide bonds. The van der Waals surface area contributed by atoms with Gasteiger partial charge < -0.3 is 5.32 Å².